The molecular formula is C18H21F2N3O2. The minimum Gasteiger partial charge on any atom is -0.472 e. The van der Waals surface area contributed by atoms with Crippen molar-refractivity contribution in [1.82, 2.24) is 4.90 Å². The molecule has 1 amide bonds. The standard InChI is InChI=1S/C18H21F2N3O2/c19-17(20)11-23-7-4-14(5-8-23)21-15-2-1-3-16(10-15)22-18(24)13-6-9-25-12-13/h1-3,6,9-10,12,14,17,21H,4-5,7-8,11H2,(H,22,24). The van der Waals surface area contributed by atoms with E-state index in [9.17, 15) is 13.6 Å². The summed E-state index contributed by atoms with van der Waals surface area (Å²) in [5, 5.41) is 6.24. The van der Waals surface area contributed by atoms with Gasteiger partial charge in [0.1, 0.15) is 6.26 Å². The van der Waals surface area contributed by atoms with Gasteiger partial charge in [-0.1, -0.05) is 6.07 Å². The van der Waals surface area contributed by atoms with Crippen molar-refractivity contribution < 1.29 is 18.0 Å². The summed E-state index contributed by atoms with van der Waals surface area (Å²) in [6.45, 7) is 1.18. The Hall–Kier alpha value is -2.41. The summed E-state index contributed by atoms with van der Waals surface area (Å²) in [6.07, 6.45) is 2.20. The van der Waals surface area contributed by atoms with Gasteiger partial charge in [-0.25, -0.2) is 8.78 Å². The van der Waals surface area contributed by atoms with Crippen molar-refractivity contribution >= 4 is 17.3 Å². The van der Waals surface area contributed by atoms with Gasteiger partial charge < -0.3 is 15.1 Å². The van der Waals surface area contributed by atoms with Crippen LogP contribution in [-0.4, -0.2) is 42.9 Å². The van der Waals surface area contributed by atoms with Gasteiger partial charge in [0.25, 0.3) is 12.3 Å². The van der Waals surface area contributed by atoms with E-state index in [2.05, 4.69) is 10.6 Å². The van der Waals surface area contributed by atoms with Crippen molar-refractivity contribution in [1.29, 1.82) is 0 Å². The molecule has 2 aromatic rings. The number of nitrogens with zero attached hydrogens (tertiary/aromatic N) is 1. The third kappa shape index (κ3) is 5.03. The molecule has 1 saturated heterocycles. The second kappa shape index (κ2) is 8.11. The Morgan fingerprint density at radius 1 is 1.24 bits per heavy atom. The molecule has 0 saturated carbocycles. The largest absolute Gasteiger partial charge is 0.472 e. The summed E-state index contributed by atoms with van der Waals surface area (Å²) in [7, 11) is 0. The molecule has 5 nitrogen and oxygen atoms in total. The maximum Gasteiger partial charge on any atom is 0.258 e. The number of hydrogen-bond acceptors (Lipinski definition) is 4. The third-order valence-electron chi connectivity index (χ3n) is 4.26. The van der Waals surface area contributed by atoms with Gasteiger partial charge in [-0.05, 0) is 37.1 Å². The van der Waals surface area contributed by atoms with Crippen molar-refractivity contribution in [2.45, 2.75) is 25.3 Å². The van der Waals surface area contributed by atoms with E-state index in [4.69, 9.17) is 4.42 Å². The first-order valence-electron chi connectivity index (χ1n) is 8.31. The van der Waals surface area contributed by atoms with Crippen molar-refractivity contribution in [3.8, 4) is 0 Å². The van der Waals surface area contributed by atoms with Crippen LogP contribution < -0.4 is 10.6 Å². The maximum atomic E-state index is 12.4. The molecule has 0 atom stereocenters. The highest BCUT2D eigenvalue weighted by Gasteiger charge is 2.21. The zero-order valence-corrected chi connectivity index (χ0v) is 13.8. The molecular weight excluding hydrogens is 328 g/mol. The Labute approximate surface area is 145 Å². The van der Waals surface area contributed by atoms with E-state index in [1.54, 1.807) is 11.0 Å². The molecule has 25 heavy (non-hydrogen) atoms. The SMILES string of the molecule is O=C(Nc1cccc(NC2CCN(CC(F)F)CC2)c1)c1ccoc1. The monoisotopic (exact) mass is 349 g/mol. The van der Waals surface area contributed by atoms with Crippen LogP contribution in [0.1, 0.15) is 23.2 Å². The molecule has 7 heteroatoms. The van der Waals surface area contributed by atoms with Gasteiger partial charge in [0.05, 0.1) is 18.4 Å². The molecule has 1 aromatic carbocycles. The molecule has 1 aliphatic rings. The predicted octanol–water partition coefficient (Wildman–Crippen LogP) is 3.67. The van der Waals surface area contributed by atoms with Gasteiger partial charge in [0.15, 0.2) is 0 Å². The van der Waals surface area contributed by atoms with Crippen LogP contribution in [0.2, 0.25) is 0 Å². The zero-order chi connectivity index (χ0) is 17.6. The Bertz CT molecular complexity index is 683. The number of rotatable bonds is 6. The lowest BCUT2D eigenvalue weighted by Crippen LogP contribution is -2.41. The topological polar surface area (TPSA) is 57.5 Å². The lowest BCUT2D eigenvalue weighted by Gasteiger charge is -2.32. The summed E-state index contributed by atoms with van der Waals surface area (Å²) in [6, 6.07) is 9.31. The molecule has 1 fully saturated rings. The smallest absolute Gasteiger partial charge is 0.258 e. The van der Waals surface area contributed by atoms with Crippen LogP contribution in [0.3, 0.4) is 0 Å². The molecule has 0 radical (unpaired) electrons. The van der Waals surface area contributed by atoms with E-state index in [0.717, 1.165) is 18.5 Å². The molecule has 0 bridgehead atoms. The molecule has 1 aliphatic heterocycles. The van der Waals surface area contributed by atoms with Crippen LogP contribution in [0.5, 0.6) is 0 Å². The highest BCUT2D eigenvalue weighted by Crippen LogP contribution is 2.20. The maximum absolute atomic E-state index is 12.4. The van der Waals surface area contributed by atoms with Gasteiger partial charge in [-0.2, -0.15) is 0 Å². The Morgan fingerprint density at radius 2 is 2.00 bits per heavy atom. The van der Waals surface area contributed by atoms with Gasteiger partial charge in [0, 0.05) is 30.5 Å². The minimum atomic E-state index is -2.28. The lowest BCUT2D eigenvalue weighted by molar-refractivity contribution is 0.0769. The van der Waals surface area contributed by atoms with Crippen LogP contribution >= 0.6 is 0 Å². The fraction of sp³-hybridized carbons (Fsp3) is 0.389. The third-order valence-corrected chi connectivity index (χ3v) is 4.26. The summed E-state index contributed by atoms with van der Waals surface area (Å²) >= 11 is 0. The average molecular weight is 349 g/mol. The van der Waals surface area contributed by atoms with Crippen LogP contribution in [0.25, 0.3) is 0 Å². The number of anilines is 2. The van der Waals surface area contributed by atoms with Crippen molar-refractivity contribution in [3.05, 3.63) is 48.4 Å². The first-order valence-corrected chi connectivity index (χ1v) is 8.31. The van der Waals surface area contributed by atoms with Crippen molar-refractivity contribution in [2.75, 3.05) is 30.3 Å². The number of halogens is 2. The minimum absolute atomic E-state index is 0.151. The normalized spacial score (nSPS) is 16.1. The first-order chi connectivity index (χ1) is 12.1. The van der Waals surface area contributed by atoms with Gasteiger partial charge in [-0.3, -0.25) is 9.69 Å². The zero-order valence-electron chi connectivity index (χ0n) is 13.8. The van der Waals surface area contributed by atoms with Gasteiger partial charge >= 0.3 is 0 Å². The second-order valence-corrected chi connectivity index (χ2v) is 6.16. The van der Waals surface area contributed by atoms with Gasteiger partial charge in [-0.15, -0.1) is 0 Å². The molecule has 1 aromatic heterocycles. The quantitative estimate of drug-likeness (QED) is 0.835. The molecule has 0 spiro atoms. The number of carbonyl (C=O) groups excluding carboxylic acids is 1. The Balaban J connectivity index is 1.53. The molecule has 134 valence electrons. The highest BCUT2D eigenvalue weighted by molar-refractivity contribution is 6.04. The van der Waals surface area contributed by atoms with E-state index in [0.29, 0.717) is 24.3 Å². The summed E-state index contributed by atoms with van der Waals surface area (Å²) < 4.78 is 29.7. The van der Waals surface area contributed by atoms with Gasteiger partial charge in [0.2, 0.25) is 0 Å². The predicted molar refractivity (Wildman–Crippen MR) is 92.2 cm³/mol. The number of furan rings is 1. The molecule has 2 heterocycles. The number of likely N-dealkylation sites (tertiary alicyclic amines) is 1. The van der Waals surface area contributed by atoms with E-state index < -0.39 is 6.43 Å². The number of piperidine rings is 1. The van der Waals surface area contributed by atoms with Crippen LogP contribution in [0.4, 0.5) is 20.2 Å². The van der Waals surface area contributed by atoms with E-state index in [1.165, 1.54) is 12.5 Å². The van der Waals surface area contributed by atoms with Crippen molar-refractivity contribution in [2.24, 2.45) is 0 Å². The number of carbonyl (C=O) groups is 1. The number of amides is 1. The van der Waals surface area contributed by atoms with Crippen LogP contribution in [0.15, 0.2) is 47.3 Å². The average Bonchev–Trinajstić information content (AvgIpc) is 3.11. The number of hydrogen-bond donors (Lipinski definition) is 2. The van der Waals surface area contributed by atoms with Crippen LogP contribution in [0, 0.1) is 0 Å². The number of nitrogens with one attached hydrogen (secondary N) is 2. The van der Waals surface area contributed by atoms with E-state index in [1.807, 2.05) is 24.3 Å². The fourth-order valence-electron chi connectivity index (χ4n) is 2.97. The van der Waals surface area contributed by atoms with Crippen molar-refractivity contribution in [3.63, 3.8) is 0 Å². The Morgan fingerprint density at radius 3 is 2.68 bits per heavy atom. The fourth-order valence-corrected chi connectivity index (χ4v) is 2.97. The Kier molecular flexibility index (Phi) is 5.65. The lowest BCUT2D eigenvalue weighted by atomic mass is 10.0. The number of benzene rings is 1. The van der Waals surface area contributed by atoms with Crippen LogP contribution in [-0.2, 0) is 0 Å². The summed E-state index contributed by atoms with van der Waals surface area (Å²) in [4.78, 5) is 13.8. The summed E-state index contributed by atoms with van der Waals surface area (Å²) in [5.41, 5.74) is 2.05. The second-order valence-electron chi connectivity index (χ2n) is 6.16. The highest BCUT2D eigenvalue weighted by atomic mass is 19.3. The van der Waals surface area contributed by atoms with E-state index >= 15 is 0 Å². The molecule has 3 rings (SSSR count). The molecule has 0 unspecified atom stereocenters. The summed E-state index contributed by atoms with van der Waals surface area (Å²) in [5.74, 6) is -0.230. The first kappa shape index (κ1) is 17.4. The number of alkyl halides is 2. The van der Waals surface area contributed by atoms with E-state index in [-0.39, 0.29) is 18.5 Å². The molecule has 0 aliphatic carbocycles. The molecule has 2 N–H and O–H groups in total.